The van der Waals surface area contributed by atoms with Gasteiger partial charge in [-0.3, -0.25) is 19.3 Å². The lowest BCUT2D eigenvalue weighted by Gasteiger charge is -2.50. The zero-order valence-electron chi connectivity index (χ0n) is 24.8. The Labute approximate surface area is 248 Å². The lowest BCUT2D eigenvalue weighted by atomic mass is 9.61. The third kappa shape index (κ3) is 4.69. The number of carbonyl (C=O) groups excluding carboxylic acids is 4. The standard InChI is InChI=1S/C31H37N3O9/c1-14(2)16-6-7-19(35)21-17(16)12-15-13-18-23(33-8-10-34(11-9-33)29(41)43-30(3,4)5)25(37)22(28(32)40)27(39)31(18,42)26(38)20(15)24(21)36/h6-7,12,14,18,23,35-36,39,42H,8-11,13H2,1-5H3,(H2,32,40)/t18-,23+,31-/m0/s1. The van der Waals surface area contributed by atoms with E-state index in [1.807, 2.05) is 13.8 Å². The van der Waals surface area contributed by atoms with Crippen LogP contribution >= 0.6 is 0 Å². The van der Waals surface area contributed by atoms with E-state index in [2.05, 4.69) is 0 Å². The van der Waals surface area contributed by atoms with Gasteiger partial charge in [0, 0.05) is 32.1 Å². The minimum atomic E-state index is -2.77. The van der Waals surface area contributed by atoms with Crippen molar-refractivity contribution in [2.75, 3.05) is 26.2 Å². The number of Topliss-reactive ketones (excluding diaryl/α,β-unsaturated/α-hetero) is 2. The van der Waals surface area contributed by atoms with Crippen LogP contribution in [-0.4, -0.2) is 97.2 Å². The fraction of sp³-hybridized carbons (Fsp3) is 0.484. The molecule has 2 aromatic carbocycles. The van der Waals surface area contributed by atoms with E-state index in [1.165, 1.54) is 11.0 Å². The molecule has 12 nitrogen and oxygen atoms in total. The second-order valence-electron chi connectivity index (χ2n) is 12.8. The van der Waals surface area contributed by atoms with Crippen LogP contribution in [0.3, 0.4) is 0 Å². The number of rotatable bonds is 3. The van der Waals surface area contributed by atoms with E-state index in [4.69, 9.17) is 10.5 Å². The molecule has 0 spiro atoms. The number of hydrogen-bond donors (Lipinski definition) is 5. The first-order chi connectivity index (χ1) is 20.0. The summed E-state index contributed by atoms with van der Waals surface area (Å²) in [7, 11) is 0. The number of piperazine rings is 1. The number of phenols is 2. The maximum Gasteiger partial charge on any atom is 0.410 e. The number of carbonyl (C=O) groups is 4. The summed E-state index contributed by atoms with van der Waals surface area (Å²) in [5.41, 5.74) is 1.91. The molecule has 0 bridgehead atoms. The normalized spacial score (nSPS) is 24.8. The SMILES string of the molecule is CC(C)c1ccc(O)c2c(O)c3c(cc12)C[C@H]1[C@@H](N2CCN(C(=O)OC(C)(C)C)CC2)C(=O)C(C(N)=O)=C(O)[C@@]1(O)C3=O. The van der Waals surface area contributed by atoms with Gasteiger partial charge in [-0.15, -0.1) is 0 Å². The number of aliphatic hydroxyl groups excluding tert-OH is 1. The molecule has 6 N–H and O–H groups in total. The number of amides is 2. The molecule has 0 radical (unpaired) electrons. The highest BCUT2D eigenvalue weighted by Gasteiger charge is 2.63. The van der Waals surface area contributed by atoms with Crippen LogP contribution in [0, 0.1) is 5.92 Å². The van der Waals surface area contributed by atoms with E-state index >= 15 is 0 Å². The van der Waals surface area contributed by atoms with Crippen LogP contribution in [0.1, 0.15) is 62.0 Å². The maximum atomic E-state index is 14.1. The van der Waals surface area contributed by atoms with E-state index < -0.39 is 63.8 Å². The lowest BCUT2D eigenvalue weighted by Crippen LogP contribution is -2.67. The Hall–Kier alpha value is -4.16. The molecule has 5 rings (SSSR count). The van der Waals surface area contributed by atoms with E-state index in [9.17, 15) is 39.6 Å². The van der Waals surface area contributed by atoms with Gasteiger partial charge in [0.1, 0.15) is 28.4 Å². The molecule has 2 aromatic rings. The highest BCUT2D eigenvalue weighted by molar-refractivity contribution is 6.25. The topological polar surface area (TPSA) is 191 Å². The number of primary amides is 1. The molecule has 2 aliphatic carbocycles. The van der Waals surface area contributed by atoms with Crippen molar-refractivity contribution in [3.63, 3.8) is 0 Å². The van der Waals surface area contributed by atoms with Gasteiger partial charge in [0.2, 0.25) is 5.78 Å². The largest absolute Gasteiger partial charge is 0.508 e. The number of nitrogens with two attached hydrogens (primary N) is 1. The van der Waals surface area contributed by atoms with Crippen LogP contribution in [0.4, 0.5) is 4.79 Å². The third-order valence-electron chi connectivity index (χ3n) is 8.64. The third-order valence-corrected chi connectivity index (χ3v) is 8.64. The van der Waals surface area contributed by atoms with Gasteiger partial charge in [-0.05, 0) is 61.8 Å². The quantitative estimate of drug-likeness (QED) is 0.329. The molecule has 3 atom stereocenters. The van der Waals surface area contributed by atoms with Crippen molar-refractivity contribution >= 4 is 34.3 Å². The lowest BCUT2D eigenvalue weighted by molar-refractivity contribution is -0.134. The van der Waals surface area contributed by atoms with Crippen LogP contribution in [0.15, 0.2) is 29.5 Å². The molecule has 1 fully saturated rings. The second kappa shape index (κ2) is 10.2. The number of aliphatic hydroxyl groups is 2. The van der Waals surface area contributed by atoms with Crippen LogP contribution in [-0.2, 0) is 20.7 Å². The Bertz CT molecular complexity index is 1600. The van der Waals surface area contributed by atoms with Crippen LogP contribution in [0.5, 0.6) is 11.5 Å². The highest BCUT2D eigenvalue weighted by atomic mass is 16.6. The molecule has 1 aliphatic heterocycles. The molecule has 0 aromatic heterocycles. The Morgan fingerprint density at radius 3 is 2.26 bits per heavy atom. The average molecular weight is 596 g/mol. The Morgan fingerprint density at radius 1 is 1.07 bits per heavy atom. The zero-order valence-corrected chi connectivity index (χ0v) is 24.8. The fourth-order valence-corrected chi connectivity index (χ4v) is 6.64. The van der Waals surface area contributed by atoms with E-state index in [0.29, 0.717) is 10.9 Å². The molecular formula is C31H37N3O9. The van der Waals surface area contributed by atoms with Crippen LogP contribution < -0.4 is 5.73 Å². The molecule has 1 heterocycles. The van der Waals surface area contributed by atoms with Gasteiger partial charge < -0.3 is 35.8 Å². The molecular weight excluding hydrogens is 558 g/mol. The summed E-state index contributed by atoms with van der Waals surface area (Å²) in [6.45, 7) is 9.73. The summed E-state index contributed by atoms with van der Waals surface area (Å²) in [6, 6.07) is 3.53. The predicted molar refractivity (Wildman–Crippen MR) is 155 cm³/mol. The summed E-state index contributed by atoms with van der Waals surface area (Å²) in [4.78, 5) is 56.1. The van der Waals surface area contributed by atoms with Crippen molar-refractivity contribution in [2.24, 2.45) is 11.7 Å². The van der Waals surface area contributed by atoms with Gasteiger partial charge in [-0.1, -0.05) is 19.9 Å². The molecule has 2 amide bonds. The van der Waals surface area contributed by atoms with E-state index in [1.54, 1.807) is 37.8 Å². The van der Waals surface area contributed by atoms with Gasteiger partial charge in [0.15, 0.2) is 11.4 Å². The fourth-order valence-electron chi connectivity index (χ4n) is 6.64. The van der Waals surface area contributed by atoms with Crippen molar-refractivity contribution in [3.8, 4) is 11.5 Å². The number of ether oxygens (including phenoxy) is 1. The zero-order chi connectivity index (χ0) is 31.8. The average Bonchev–Trinajstić information content (AvgIpc) is 2.90. The number of ketones is 2. The first kappa shape index (κ1) is 30.3. The van der Waals surface area contributed by atoms with Crippen LogP contribution in [0.25, 0.3) is 10.8 Å². The van der Waals surface area contributed by atoms with E-state index in [0.717, 1.165) is 5.56 Å². The second-order valence-corrected chi connectivity index (χ2v) is 12.8. The Balaban J connectivity index is 1.62. The maximum absolute atomic E-state index is 14.1. The summed E-state index contributed by atoms with van der Waals surface area (Å²) in [6.07, 6.45) is -0.658. The van der Waals surface area contributed by atoms with Crippen molar-refractivity contribution in [2.45, 2.75) is 64.2 Å². The first-order valence-electron chi connectivity index (χ1n) is 14.3. The predicted octanol–water partition coefficient (Wildman–Crippen LogP) is 2.26. The van der Waals surface area contributed by atoms with Gasteiger partial charge in [-0.2, -0.15) is 0 Å². The summed E-state index contributed by atoms with van der Waals surface area (Å²) < 4.78 is 5.45. The van der Waals surface area contributed by atoms with E-state index in [-0.39, 0.29) is 55.2 Å². The monoisotopic (exact) mass is 595 g/mol. The molecule has 0 saturated carbocycles. The summed E-state index contributed by atoms with van der Waals surface area (Å²) in [5, 5.41) is 45.6. The molecule has 3 aliphatic rings. The Kier molecular flexibility index (Phi) is 7.21. The first-order valence-corrected chi connectivity index (χ1v) is 14.3. The van der Waals surface area contributed by atoms with Crippen molar-refractivity contribution in [1.29, 1.82) is 0 Å². The molecule has 12 heteroatoms. The number of fused-ring (bicyclic) bond motifs is 3. The number of phenolic OH excluding ortho intramolecular Hbond substituents is 2. The van der Waals surface area contributed by atoms with Crippen LogP contribution in [0.2, 0.25) is 0 Å². The molecule has 1 saturated heterocycles. The summed E-state index contributed by atoms with van der Waals surface area (Å²) in [5.74, 6) is -6.54. The number of benzene rings is 2. The highest BCUT2D eigenvalue weighted by Crippen LogP contribution is 2.50. The van der Waals surface area contributed by atoms with Crippen molar-refractivity contribution < 1.29 is 44.3 Å². The number of nitrogens with zero attached hydrogens (tertiary/aromatic N) is 2. The minimum Gasteiger partial charge on any atom is -0.508 e. The summed E-state index contributed by atoms with van der Waals surface area (Å²) >= 11 is 0. The van der Waals surface area contributed by atoms with Gasteiger partial charge in [-0.25, -0.2) is 4.79 Å². The number of aromatic hydroxyl groups is 2. The van der Waals surface area contributed by atoms with Gasteiger partial charge >= 0.3 is 6.09 Å². The van der Waals surface area contributed by atoms with Gasteiger partial charge in [0.25, 0.3) is 5.91 Å². The minimum absolute atomic E-state index is 0.00727. The number of hydrogen-bond acceptors (Lipinski definition) is 10. The Morgan fingerprint density at radius 2 is 1.70 bits per heavy atom. The molecule has 230 valence electrons. The van der Waals surface area contributed by atoms with Crippen molar-refractivity contribution in [1.82, 2.24) is 9.80 Å². The van der Waals surface area contributed by atoms with Crippen molar-refractivity contribution in [3.05, 3.63) is 46.2 Å². The molecule has 43 heavy (non-hydrogen) atoms. The van der Waals surface area contributed by atoms with Gasteiger partial charge in [0.05, 0.1) is 17.0 Å². The molecule has 0 unspecified atom stereocenters. The smallest absolute Gasteiger partial charge is 0.410 e.